The predicted molar refractivity (Wildman–Crippen MR) is 120 cm³/mol. The molecular formula is C20H17N5O3S2. The van der Waals surface area contributed by atoms with Gasteiger partial charge in [0, 0.05) is 34.2 Å². The number of fused-ring (bicyclic) bond motifs is 1. The van der Waals surface area contributed by atoms with Gasteiger partial charge >= 0.3 is 0 Å². The van der Waals surface area contributed by atoms with Gasteiger partial charge in [-0.1, -0.05) is 26.0 Å². The number of hydrogen-bond donors (Lipinski definition) is 2. The largest absolute Gasteiger partial charge is 0.397 e. The number of pyridine rings is 1. The molecule has 0 spiro atoms. The third-order valence-electron chi connectivity index (χ3n) is 4.49. The van der Waals surface area contributed by atoms with E-state index in [2.05, 4.69) is 29.1 Å². The Balaban J connectivity index is 1.58. The van der Waals surface area contributed by atoms with Crippen LogP contribution in [0.4, 0.5) is 16.5 Å². The van der Waals surface area contributed by atoms with Gasteiger partial charge in [0.1, 0.15) is 9.71 Å². The van der Waals surface area contributed by atoms with Crippen molar-refractivity contribution in [2.45, 2.75) is 19.8 Å². The summed E-state index contributed by atoms with van der Waals surface area (Å²) in [6.07, 6.45) is 0. The van der Waals surface area contributed by atoms with Gasteiger partial charge in [0.05, 0.1) is 16.3 Å². The summed E-state index contributed by atoms with van der Waals surface area (Å²) < 4.78 is 0. The second kappa shape index (κ2) is 7.81. The lowest BCUT2D eigenvalue weighted by Gasteiger charge is -2.03. The first-order chi connectivity index (χ1) is 14.3. The maximum atomic E-state index is 12.8. The Morgan fingerprint density at radius 2 is 2.03 bits per heavy atom. The molecule has 3 heterocycles. The smallest absolute Gasteiger partial charge is 0.270 e. The van der Waals surface area contributed by atoms with E-state index in [1.807, 2.05) is 12.1 Å². The van der Waals surface area contributed by atoms with E-state index >= 15 is 0 Å². The molecule has 10 heteroatoms. The van der Waals surface area contributed by atoms with Crippen LogP contribution in [0.2, 0.25) is 0 Å². The maximum absolute atomic E-state index is 12.8. The Morgan fingerprint density at radius 1 is 1.23 bits per heavy atom. The zero-order valence-electron chi connectivity index (χ0n) is 16.1. The van der Waals surface area contributed by atoms with E-state index in [4.69, 9.17) is 5.73 Å². The van der Waals surface area contributed by atoms with Gasteiger partial charge in [0.2, 0.25) is 0 Å². The summed E-state index contributed by atoms with van der Waals surface area (Å²) in [5, 5.41) is 16.6. The maximum Gasteiger partial charge on any atom is 0.270 e. The fraction of sp³-hybridized carbons (Fsp3) is 0.150. The van der Waals surface area contributed by atoms with E-state index in [0.29, 0.717) is 27.0 Å². The Labute approximate surface area is 179 Å². The highest BCUT2D eigenvalue weighted by molar-refractivity contribution is 7.21. The predicted octanol–water partition coefficient (Wildman–Crippen LogP) is 5.29. The highest BCUT2D eigenvalue weighted by Gasteiger charge is 2.19. The molecule has 0 saturated carbocycles. The number of thiazole rings is 1. The summed E-state index contributed by atoms with van der Waals surface area (Å²) in [7, 11) is 0. The van der Waals surface area contributed by atoms with Crippen LogP contribution in [0.3, 0.4) is 0 Å². The lowest BCUT2D eigenvalue weighted by atomic mass is 10.1. The number of thiophene rings is 1. The molecule has 30 heavy (non-hydrogen) atoms. The van der Waals surface area contributed by atoms with Crippen LogP contribution >= 0.6 is 22.7 Å². The summed E-state index contributed by atoms with van der Waals surface area (Å²) in [6.45, 7) is 4.11. The third-order valence-corrected chi connectivity index (χ3v) is 6.36. The Hall–Kier alpha value is -3.37. The van der Waals surface area contributed by atoms with Crippen LogP contribution in [0.15, 0.2) is 41.8 Å². The number of non-ortho nitro benzene ring substituents is 1. The third kappa shape index (κ3) is 3.74. The minimum Gasteiger partial charge on any atom is -0.397 e. The molecule has 0 unspecified atom stereocenters. The first-order valence-electron chi connectivity index (χ1n) is 9.04. The minimum atomic E-state index is -0.457. The van der Waals surface area contributed by atoms with E-state index in [-0.39, 0.29) is 17.5 Å². The number of carbonyl (C=O) groups is 1. The number of hydrogen-bond acceptors (Lipinski definition) is 8. The number of rotatable bonds is 5. The zero-order valence-corrected chi connectivity index (χ0v) is 17.7. The van der Waals surface area contributed by atoms with Crippen molar-refractivity contribution in [2.24, 2.45) is 0 Å². The fourth-order valence-corrected chi connectivity index (χ4v) is 4.61. The molecule has 0 bridgehead atoms. The highest BCUT2D eigenvalue weighted by Crippen LogP contribution is 2.34. The second-order valence-electron chi connectivity index (χ2n) is 6.89. The average molecular weight is 440 g/mol. The van der Waals surface area contributed by atoms with E-state index < -0.39 is 4.92 Å². The van der Waals surface area contributed by atoms with Crippen LogP contribution in [0.5, 0.6) is 0 Å². The summed E-state index contributed by atoms with van der Waals surface area (Å²) in [4.78, 5) is 33.4. The van der Waals surface area contributed by atoms with Crippen LogP contribution in [0.25, 0.3) is 21.5 Å². The number of aromatic nitrogens is 2. The van der Waals surface area contributed by atoms with Gasteiger partial charge in [-0.15, -0.1) is 22.7 Å². The number of benzene rings is 1. The number of anilines is 2. The molecule has 0 saturated heterocycles. The van der Waals surface area contributed by atoms with Crippen molar-refractivity contribution in [3.05, 3.63) is 62.5 Å². The summed E-state index contributed by atoms with van der Waals surface area (Å²) in [5.41, 5.74) is 8.66. The van der Waals surface area contributed by atoms with Gasteiger partial charge in [-0.25, -0.2) is 9.97 Å². The van der Waals surface area contributed by atoms with Gasteiger partial charge in [-0.2, -0.15) is 0 Å². The second-order valence-corrected chi connectivity index (χ2v) is 8.75. The molecule has 0 aliphatic rings. The first-order valence-corrected chi connectivity index (χ1v) is 10.7. The molecule has 3 N–H and O–H groups in total. The molecule has 0 aliphatic carbocycles. The molecule has 1 amide bonds. The van der Waals surface area contributed by atoms with E-state index in [1.165, 1.54) is 34.8 Å². The van der Waals surface area contributed by atoms with Gasteiger partial charge in [0.15, 0.2) is 5.13 Å². The molecule has 1 aromatic carbocycles. The number of amides is 1. The lowest BCUT2D eigenvalue weighted by molar-refractivity contribution is -0.384. The molecule has 3 aromatic heterocycles. The Morgan fingerprint density at radius 3 is 2.77 bits per heavy atom. The number of nitrogens with two attached hydrogens (primary N) is 1. The van der Waals surface area contributed by atoms with Gasteiger partial charge in [0.25, 0.3) is 11.6 Å². The van der Waals surface area contributed by atoms with Crippen molar-refractivity contribution in [3.63, 3.8) is 0 Å². The molecule has 4 rings (SSSR count). The van der Waals surface area contributed by atoms with Crippen molar-refractivity contribution in [1.29, 1.82) is 0 Å². The lowest BCUT2D eigenvalue weighted by Crippen LogP contribution is -2.11. The van der Waals surface area contributed by atoms with E-state index in [9.17, 15) is 14.9 Å². The van der Waals surface area contributed by atoms with Crippen LogP contribution < -0.4 is 11.1 Å². The zero-order chi connectivity index (χ0) is 21.4. The van der Waals surface area contributed by atoms with Crippen molar-refractivity contribution in [3.8, 4) is 11.3 Å². The molecule has 4 aromatic rings. The van der Waals surface area contributed by atoms with Crippen molar-refractivity contribution in [2.75, 3.05) is 11.1 Å². The highest BCUT2D eigenvalue weighted by atomic mass is 32.1. The number of nitro groups is 1. The fourth-order valence-electron chi connectivity index (χ4n) is 2.90. The molecule has 0 fully saturated rings. The number of nitro benzene ring substituents is 1. The summed E-state index contributed by atoms with van der Waals surface area (Å²) >= 11 is 2.48. The molecule has 0 radical (unpaired) electrons. The normalized spacial score (nSPS) is 11.2. The van der Waals surface area contributed by atoms with Gasteiger partial charge < -0.3 is 5.73 Å². The van der Waals surface area contributed by atoms with Crippen LogP contribution in [-0.2, 0) is 0 Å². The molecule has 8 nitrogen and oxygen atoms in total. The topological polar surface area (TPSA) is 124 Å². The Kier molecular flexibility index (Phi) is 5.18. The summed E-state index contributed by atoms with van der Waals surface area (Å²) in [5.74, 6) is -0.0842. The standard InChI is InChI=1S/C20H17N5O3S2/c1-10(2)14-7-6-13-16(21)17(30-19(13)22-14)18(26)24-20-23-15(9-29-20)11-4-3-5-12(8-11)25(27)28/h3-10H,21H2,1-2H3,(H,23,24,26). The number of carbonyl (C=O) groups excluding carboxylic acids is 1. The van der Waals surface area contributed by atoms with Crippen LogP contribution in [0, 0.1) is 10.1 Å². The van der Waals surface area contributed by atoms with Crippen molar-refractivity contribution >= 4 is 55.3 Å². The van der Waals surface area contributed by atoms with E-state index in [1.54, 1.807) is 17.5 Å². The minimum absolute atomic E-state index is 0.0163. The Bertz CT molecular complexity index is 1280. The molecule has 0 atom stereocenters. The van der Waals surface area contributed by atoms with Crippen molar-refractivity contribution < 1.29 is 9.72 Å². The first kappa shape index (κ1) is 19.9. The van der Waals surface area contributed by atoms with E-state index in [0.717, 1.165) is 15.9 Å². The SMILES string of the molecule is CC(C)c1ccc2c(N)c(C(=O)Nc3nc(-c4cccc([N+](=O)[O-])c4)cs3)sc2n1. The monoisotopic (exact) mass is 439 g/mol. The number of nitrogens with one attached hydrogen (secondary N) is 1. The summed E-state index contributed by atoms with van der Waals surface area (Å²) in [6, 6.07) is 10.0. The number of nitrogens with zero attached hydrogens (tertiary/aromatic N) is 3. The van der Waals surface area contributed by atoms with Crippen LogP contribution in [-0.4, -0.2) is 20.8 Å². The van der Waals surface area contributed by atoms with Gasteiger partial charge in [-0.3, -0.25) is 20.2 Å². The van der Waals surface area contributed by atoms with Crippen molar-refractivity contribution in [1.82, 2.24) is 9.97 Å². The van der Waals surface area contributed by atoms with Crippen LogP contribution in [0.1, 0.15) is 35.1 Å². The molecule has 0 aliphatic heterocycles. The van der Waals surface area contributed by atoms with Gasteiger partial charge in [-0.05, 0) is 18.1 Å². The molecule has 152 valence electrons. The number of nitrogen functional groups attached to an aromatic ring is 1. The quantitative estimate of drug-likeness (QED) is 0.322. The molecular weight excluding hydrogens is 422 g/mol. The average Bonchev–Trinajstić information content (AvgIpc) is 3.32.